The van der Waals surface area contributed by atoms with Gasteiger partial charge >= 0.3 is 0 Å². The Morgan fingerprint density at radius 2 is 1.77 bits per heavy atom. The maximum Gasteiger partial charge on any atom is 0.223 e. The van der Waals surface area contributed by atoms with Crippen molar-refractivity contribution in [3.63, 3.8) is 0 Å². The molecule has 1 saturated carbocycles. The van der Waals surface area contributed by atoms with Gasteiger partial charge in [-0.2, -0.15) is 0 Å². The molecule has 4 aromatic heterocycles. The molecule has 1 fully saturated rings. The first kappa shape index (κ1) is 19.5. The second kappa shape index (κ2) is 7.99. The van der Waals surface area contributed by atoms with Crippen LogP contribution in [0.3, 0.4) is 0 Å². The van der Waals surface area contributed by atoms with E-state index in [1.807, 2.05) is 0 Å². The van der Waals surface area contributed by atoms with Crippen LogP contribution in [0.25, 0.3) is 28.3 Å². The lowest BCUT2D eigenvalue weighted by molar-refractivity contribution is 0.409. The van der Waals surface area contributed by atoms with E-state index in [0.717, 1.165) is 31.9 Å². The molecule has 0 radical (unpaired) electrons. The molecule has 4 heterocycles. The SMILES string of the molecule is N[C@H]1CC[C@H](Nc2ncc(F)c(-c3cnc4ccc(-c5ncccc5F)cn34)n2)CC1. The lowest BCUT2D eigenvalue weighted by Crippen LogP contribution is -2.33. The van der Waals surface area contributed by atoms with Crippen molar-refractivity contribution in [2.45, 2.75) is 37.8 Å². The Balaban J connectivity index is 1.51. The van der Waals surface area contributed by atoms with Gasteiger partial charge in [-0.3, -0.25) is 9.38 Å². The van der Waals surface area contributed by atoms with Gasteiger partial charge in [0.05, 0.1) is 18.1 Å². The van der Waals surface area contributed by atoms with Crippen LogP contribution in [-0.4, -0.2) is 36.4 Å². The zero-order valence-corrected chi connectivity index (χ0v) is 16.7. The second-order valence-corrected chi connectivity index (χ2v) is 7.77. The van der Waals surface area contributed by atoms with E-state index in [9.17, 15) is 8.78 Å². The number of rotatable bonds is 4. The summed E-state index contributed by atoms with van der Waals surface area (Å²) in [4.78, 5) is 17.0. The fourth-order valence-corrected chi connectivity index (χ4v) is 3.96. The lowest BCUT2D eigenvalue weighted by Gasteiger charge is -2.26. The predicted molar refractivity (Wildman–Crippen MR) is 113 cm³/mol. The number of nitrogens with two attached hydrogens (primary N) is 1. The molecule has 158 valence electrons. The number of hydrogen-bond donors (Lipinski definition) is 2. The zero-order chi connectivity index (χ0) is 21.4. The third-order valence-electron chi connectivity index (χ3n) is 5.63. The lowest BCUT2D eigenvalue weighted by atomic mass is 9.92. The highest BCUT2D eigenvalue weighted by Gasteiger charge is 2.21. The molecular formula is C22H21F2N7. The fourth-order valence-electron chi connectivity index (χ4n) is 3.96. The number of imidazole rings is 1. The summed E-state index contributed by atoms with van der Waals surface area (Å²) in [7, 11) is 0. The van der Waals surface area contributed by atoms with E-state index in [4.69, 9.17) is 5.73 Å². The summed E-state index contributed by atoms with van der Waals surface area (Å²) in [5.74, 6) is -0.637. The smallest absolute Gasteiger partial charge is 0.223 e. The molecule has 0 bridgehead atoms. The minimum Gasteiger partial charge on any atom is -0.351 e. The van der Waals surface area contributed by atoms with E-state index in [0.29, 0.717) is 22.9 Å². The molecular weight excluding hydrogens is 400 g/mol. The van der Waals surface area contributed by atoms with E-state index < -0.39 is 11.6 Å². The van der Waals surface area contributed by atoms with Crippen LogP contribution in [0.4, 0.5) is 14.7 Å². The highest BCUT2D eigenvalue weighted by atomic mass is 19.1. The molecule has 0 atom stereocenters. The van der Waals surface area contributed by atoms with Crippen molar-refractivity contribution in [3.8, 4) is 22.6 Å². The molecule has 0 aliphatic heterocycles. The van der Waals surface area contributed by atoms with Gasteiger partial charge < -0.3 is 11.1 Å². The van der Waals surface area contributed by atoms with E-state index >= 15 is 0 Å². The van der Waals surface area contributed by atoms with Gasteiger partial charge in [-0.05, 0) is 49.9 Å². The Labute approximate surface area is 177 Å². The van der Waals surface area contributed by atoms with Gasteiger partial charge in [0, 0.05) is 30.0 Å². The van der Waals surface area contributed by atoms with Crippen molar-refractivity contribution < 1.29 is 8.78 Å². The largest absolute Gasteiger partial charge is 0.351 e. The van der Waals surface area contributed by atoms with Crippen molar-refractivity contribution in [1.82, 2.24) is 24.3 Å². The Morgan fingerprint density at radius 1 is 0.935 bits per heavy atom. The van der Waals surface area contributed by atoms with Gasteiger partial charge in [0.25, 0.3) is 0 Å². The summed E-state index contributed by atoms with van der Waals surface area (Å²) in [6.45, 7) is 0. The zero-order valence-electron chi connectivity index (χ0n) is 16.7. The predicted octanol–water partition coefficient (Wildman–Crippen LogP) is 3.81. The van der Waals surface area contributed by atoms with Crippen molar-refractivity contribution in [2.75, 3.05) is 5.32 Å². The third-order valence-corrected chi connectivity index (χ3v) is 5.63. The normalized spacial score (nSPS) is 18.9. The van der Waals surface area contributed by atoms with E-state index in [1.165, 1.54) is 18.3 Å². The van der Waals surface area contributed by atoms with Gasteiger partial charge in [0.1, 0.15) is 22.9 Å². The number of nitrogens with zero attached hydrogens (tertiary/aromatic N) is 5. The highest BCUT2D eigenvalue weighted by Crippen LogP contribution is 2.27. The van der Waals surface area contributed by atoms with Crippen LogP contribution in [-0.2, 0) is 0 Å². The minimum absolute atomic E-state index is 0.121. The molecule has 1 aliphatic rings. The van der Waals surface area contributed by atoms with Gasteiger partial charge in [-0.15, -0.1) is 0 Å². The average Bonchev–Trinajstić information content (AvgIpc) is 3.20. The van der Waals surface area contributed by atoms with E-state index in [2.05, 4.69) is 25.3 Å². The Kier molecular flexibility index (Phi) is 5.03. The summed E-state index contributed by atoms with van der Waals surface area (Å²) in [5, 5.41) is 3.29. The summed E-state index contributed by atoms with van der Waals surface area (Å²) in [6.07, 6.45) is 9.62. The maximum atomic E-state index is 14.7. The number of halogens is 2. The number of hydrogen-bond acceptors (Lipinski definition) is 6. The Hall–Kier alpha value is -3.46. The van der Waals surface area contributed by atoms with Crippen LogP contribution in [0.15, 0.2) is 49.1 Å². The molecule has 4 aromatic rings. The standard InChI is InChI=1S/C22H21F2N7/c23-16-2-1-9-26-20(16)13-3-8-19-27-11-18(31(19)12-13)21-17(24)10-28-22(30-21)29-15-6-4-14(25)5-7-15/h1-3,8-12,14-15H,4-7,25H2,(H,28,29,30)/t14-,15-. The van der Waals surface area contributed by atoms with Crippen LogP contribution in [0, 0.1) is 11.6 Å². The monoisotopic (exact) mass is 421 g/mol. The number of pyridine rings is 2. The highest BCUT2D eigenvalue weighted by molar-refractivity contribution is 5.66. The molecule has 0 unspecified atom stereocenters. The number of fused-ring (bicyclic) bond motifs is 1. The maximum absolute atomic E-state index is 14.7. The van der Waals surface area contributed by atoms with Crippen molar-refractivity contribution in [1.29, 1.82) is 0 Å². The summed E-state index contributed by atoms with van der Waals surface area (Å²) in [5.41, 5.74) is 7.89. The molecule has 31 heavy (non-hydrogen) atoms. The van der Waals surface area contributed by atoms with E-state index in [-0.39, 0.29) is 23.5 Å². The van der Waals surface area contributed by atoms with Gasteiger partial charge in [0.2, 0.25) is 5.95 Å². The van der Waals surface area contributed by atoms with Crippen LogP contribution in [0.1, 0.15) is 25.7 Å². The molecule has 3 N–H and O–H groups in total. The molecule has 5 rings (SSSR count). The summed E-state index contributed by atoms with van der Waals surface area (Å²) >= 11 is 0. The fraction of sp³-hybridized carbons (Fsp3) is 0.273. The number of anilines is 1. The van der Waals surface area contributed by atoms with Gasteiger partial charge in [-0.1, -0.05) is 0 Å². The summed E-state index contributed by atoms with van der Waals surface area (Å²) in [6, 6.07) is 6.79. The summed E-state index contributed by atoms with van der Waals surface area (Å²) < 4.78 is 30.6. The van der Waals surface area contributed by atoms with Crippen molar-refractivity contribution in [3.05, 3.63) is 60.7 Å². The molecule has 0 amide bonds. The second-order valence-electron chi connectivity index (χ2n) is 7.77. The first-order valence-electron chi connectivity index (χ1n) is 10.2. The Morgan fingerprint density at radius 3 is 2.58 bits per heavy atom. The molecule has 9 heteroatoms. The van der Waals surface area contributed by atoms with Crippen molar-refractivity contribution >= 4 is 11.6 Å². The van der Waals surface area contributed by atoms with E-state index in [1.54, 1.807) is 28.9 Å². The topological polar surface area (TPSA) is 94.0 Å². The first-order chi connectivity index (χ1) is 15.1. The minimum atomic E-state index is -0.563. The average molecular weight is 421 g/mol. The van der Waals surface area contributed by atoms with Crippen molar-refractivity contribution in [2.24, 2.45) is 5.73 Å². The molecule has 0 saturated heterocycles. The van der Waals surface area contributed by atoms with Gasteiger partial charge in [0.15, 0.2) is 5.82 Å². The first-order valence-corrected chi connectivity index (χ1v) is 10.2. The van der Waals surface area contributed by atoms with Crippen LogP contribution < -0.4 is 11.1 Å². The number of aromatic nitrogens is 5. The molecule has 0 aromatic carbocycles. The number of nitrogens with one attached hydrogen (secondary N) is 1. The van der Waals surface area contributed by atoms with Gasteiger partial charge in [-0.25, -0.2) is 23.7 Å². The quantitative estimate of drug-likeness (QED) is 0.520. The molecule has 7 nitrogen and oxygen atoms in total. The van der Waals surface area contributed by atoms with Crippen LogP contribution >= 0.6 is 0 Å². The van der Waals surface area contributed by atoms with Crippen LogP contribution in [0.5, 0.6) is 0 Å². The molecule has 0 spiro atoms. The molecule has 1 aliphatic carbocycles. The third kappa shape index (κ3) is 3.84. The van der Waals surface area contributed by atoms with Crippen LogP contribution in [0.2, 0.25) is 0 Å². The Bertz CT molecular complexity index is 1230.